The van der Waals surface area contributed by atoms with Gasteiger partial charge in [-0.25, -0.2) is 4.39 Å². The van der Waals surface area contributed by atoms with E-state index in [-0.39, 0.29) is 35.7 Å². The zero-order valence-electron chi connectivity index (χ0n) is 16.2. The van der Waals surface area contributed by atoms with E-state index in [9.17, 15) is 14.0 Å². The minimum Gasteiger partial charge on any atom is -0.371 e. The number of hydrogen-bond acceptors (Lipinski definition) is 3. The maximum Gasteiger partial charge on any atom is 0.227 e. The number of hydrogen-bond donors (Lipinski definition) is 0. The lowest BCUT2D eigenvalue weighted by molar-refractivity contribution is -0.158. The summed E-state index contributed by atoms with van der Waals surface area (Å²) >= 11 is 0. The van der Waals surface area contributed by atoms with Crippen LogP contribution in [0.3, 0.4) is 0 Å². The Kier molecular flexibility index (Phi) is 6.15. The topological polar surface area (TPSA) is 49.9 Å². The number of carbonyl (C=O) groups excluding carboxylic acids is 2. The monoisotopic (exact) mass is 376 g/mol. The van der Waals surface area contributed by atoms with Crippen molar-refractivity contribution in [2.24, 2.45) is 5.92 Å². The van der Waals surface area contributed by atoms with Crippen molar-refractivity contribution in [2.75, 3.05) is 26.2 Å². The average molecular weight is 376 g/mol. The Morgan fingerprint density at radius 2 is 2.04 bits per heavy atom. The summed E-state index contributed by atoms with van der Waals surface area (Å²) in [6.45, 7) is 6.51. The van der Waals surface area contributed by atoms with Crippen LogP contribution in [0.5, 0.6) is 0 Å². The summed E-state index contributed by atoms with van der Waals surface area (Å²) in [5.74, 6) is -0.460. The van der Waals surface area contributed by atoms with E-state index in [1.165, 1.54) is 6.07 Å². The molecule has 5 nitrogen and oxygen atoms in total. The van der Waals surface area contributed by atoms with Gasteiger partial charge in [0.05, 0.1) is 18.1 Å². The molecule has 2 heterocycles. The van der Waals surface area contributed by atoms with Gasteiger partial charge in [0, 0.05) is 38.2 Å². The number of halogens is 1. The SMILES string of the molecule is CCC1(CC)CN(C(=O)C2CCC(=O)N(Cc3ccccc3F)C2)CCO1. The molecule has 27 heavy (non-hydrogen) atoms. The Morgan fingerprint density at radius 1 is 1.30 bits per heavy atom. The highest BCUT2D eigenvalue weighted by Gasteiger charge is 2.39. The van der Waals surface area contributed by atoms with E-state index in [1.54, 1.807) is 23.1 Å². The van der Waals surface area contributed by atoms with Gasteiger partial charge in [-0.15, -0.1) is 0 Å². The maximum atomic E-state index is 14.0. The van der Waals surface area contributed by atoms with Crippen molar-refractivity contribution in [1.29, 1.82) is 0 Å². The first kappa shape index (κ1) is 19.8. The summed E-state index contributed by atoms with van der Waals surface area (Å²) < 4.78 is 19.9. The molecule has 3 rings (SSSR count). The molecule has 1 atom stereocenters. The summed E-state index contributed by atoms with van der Waals surface area (Å²) in [7, 11) is 0. The van der Waals surface area contributed by atoms with Crippen LogP contribution < -0.4 is 0 Å². The summed E-state index contributed by atoms with van der Waals surface area (Å²) in [6.07, 6.45) is 2.64. The standard InChI is InChI=1S/C21H29FN2O3/c1-3-21(4-2)15-23(11-12-27-21)20(26)17-9-10-19(25)24(14-17)13-16-7-5-6-8-18(16)22/h5-8,17H,3-4,9-15H2,1-2H3. The van der Waals surface area contributed by atoms with Crippen LogP contribution in [0.4, 0.5) is 4.39 Å². The zero-order valence-corrected chi connectivity index (χ0v) is 16.2. The lowest BCUT2D eigenvalue weighted by Gasteiger charge is -2.44. The largest absolute Gasteiger partial charge is 0.371 e. The molecule has 0 aromatic heterocycles. The van der Waals surface area contributed by atoms with Gasteiger partial charge in [-0.3, -0.25) is 9.59 Å². The molecule has 1 aromatic carbocycles. The highest BCUT2D eigenvalue weighted by molar-refractivity contribution is 5.84. The fraction of sp³-hybridized carbons (Fsp3) is 0.619. The van der Waals surface area contributed by atoms with Gasteiger partial charge in [-0.05, 0) is 25.3 Å². The summed E-state index contributed by atoms with van der Waals surface area (Å²) in [5.41, 5.74) is 0.229. The first-order chi connectivity index (χ1) is 13.0. The van der Waals surface area contributed by atoms with Crippen molar-refractivity contribution < 1.29 is 18.7 Å². The lowest BCUT2D eigenvalue weighted by atomic mass is 9.92. The van der Waals surface area contributed by atoms with Crippen LogP contribution in [0.15, 0.2) is 24.3 Å². The molecule has 0 N–H and O–H groups in total. The number of nitrogens with zero attached hydrogens (tertiary/aromatic N) is 2. The summed E-state index contributed by atoms with van der Waals surface area (Å²) in [6, 6.07) is 6.48. The van der Waals surface area contributed by atoms with Crippen molar-refractivity contribution in [2.45, 2.75) is 51.7 Å². The average Bonchev–Trinajstić information content (AvgIpc) is 2.70. The molecule has 0 saturated carbocycles. The van der Waals surface area contributed by atoms with Gasteiger partial charge in [-0.2, -0.15) is 0 Å². The van der Waals surface area contributed by atoms with E-state index in [0.29, 0.717) is 44.6 Å². The minimum absolute atomic E-state index is 0.0132. The van der Waals surface area contributed by atoms with Crippen LogP contribution in [0.2, 0.25) is 0 Å². The summed E-state index contributed by atoms with van der Waals surface area (Å²) in [5, 5.41) is 0. The Balaban J connectivity index is 1.67. The number of amides is 2. The molecule has 0 aliphatic carbocycles. The second-order valence-electron chi connectivity index (χ2n) is 7.60. The van der Waals surface area contributed by atoms with Crippen LogP contribution in [0.25, 0.3) is 0 Å². The second-order valence-corrected chi connectivity index (χ2v) is 7.60. The Labute approximate surface area is 160 Å². The molecule has 2 aliphatic heterocycles. The smallest absolute Gasteiger partial charge is 0.227 e. The Bertz CT molecular complexity index is 690. The summed E-state index contributed by atoms with van der Waals surface area (Å²) in [4.78, 5) is 28.9. The van der Waals surface area contributed by atoms with Crippen LogP contribution >= 0.6 is 0 Å². The predicted molar refractivity (Wildman–Crippen MR) is 100 cm³/mol. The van der Waals surface area contributed by atoms with Crippen LogP contribution in [0, 0.1) is 11.7 Å². The highest BCUT2D eigenvalue weighted by Crippen LogP contribution is 2.28. The first-order valence-electron chi connectivity index (χ1n) is 9.92. The molecule has 2 fully saturated rings. The number of rotatable bonds is 5. The normalized spacial score (nSPS) is 22.8. The Hall–Kier alpha value is -1.95. The number of morpholine rings is 1. The van der Waals surface area contributed by atoms with Gasteiger partial charge in [0.1, 0.15) is 5.82 Å². The van der Waals surface area contributed by atoms with Crippen LogP contribution in [-0.4, -0.2) is 53.5 Å². The molecule has 0 radical (unpaired) electrons. The number of piperidine rings is 1. The van der Waals surface area contributed by atoms with E-state index in [0.717, 1.165) is 12.8 Å². The third-order valence-electron chi connectivity index (χ3n) is 6.02. The van der Waals surface area contributed by atoms with Gasteiger partial charge in [0.2, 0.25) is 11.8 Å². The molecule has 1 unspecified atom stereocenters. The quantitative estimate of drug-likeness (QED) is 0.794. The van der Waals surface area contributed by atoms with Crippen molar-refractivity contribution in [3.63, 3.8) is 0 Å². The minimum atomic E-state index is -0.317. The van der Waals surface area contributed by atoms with Gasteiger partial charge >= 0.3 is 0 Å². The molecule has 1 aromatic rings. The maximum absolute atomic E-state index is 14.0. The highest BCUT2D eigenvalue weighted by atomic mass is 19.1. The molecular weight excluding hydrogens is 347 g/mol. The molecule has 0 spiro atoms. The molecule has 0 bridgehead atoms. The molecule has 148 valence electrons. The van der Waals surface area contributed by atoms with Gasteiger partial charge < -0.3 is 14.5 Å². The third kappa shape index (κ3) is 4.32. The molecular formula is C21H29FN2O3. The van der Waals surface area contributed by atoms with Gasteiger partial charge in [0.15, 0.2) is 0 Å². The van der Waals surface area contributed by atoms with E-state index in [4.69, 9.17) is 4.74 Å². The van der Waals surface area contributed by atoms with Crippen molar-refractivity contribution in [3.8, 4) is 0 Å². The predicted octanol–water partition coefficient (Wildman–Crippen LogP) is 2.98. The van der Waals surface area contributed by atoms with Crippen LogP contribution in [0.1, 0.15) is 45.1 Å². The number of benzene rings is 1. The third-order valence-corrected chi connectivity index (χ3v) is 6.02. The Morgan fingerprint density at radius 3 is 2.74 bits per heavy atom. The lowest BCUT2D eigenvalue weighted by Crippen LogP contribution is -2.56. The van der Waals surface area contributed by atoms with E-state index < -0.39 is 0 Å². The fourth-order valence-electron chi connectivity index (χ4n) is 4.07. The first-order valence-corrected chi connectivity index (χ1v) is 9.92. The molecule has 6 heteroatoms. The van der Waals surface area contributed by atoms with Gasteiger partial charge in [0.25, 0.3) is 0 Å². The van der Waals surface area contributed by atoms with Crippen molar-refractivity contribution >= 4 is 11.8 Å². The number of carbonyl (C=O) groups is 2. The van der Waals surface area contributed by atoms with Crippen molar-refractivity contribution in [3.05, 3.63) is 35.6 Å². The molecule has 2 aliphatic rings. The van der Waals surface area contributed by atoms with Gasteiger partial charge in [-0.1, -0.05) is 32.0 Å². The molecule has 2 amide bonds. The fourth-order valence-corrected chi connectivity index (χ4v) is 4.07. The van der Waals surface area contributed by atoms with Crippen LogP contribution in [-0.2, 0) is 20.9 Å². The number of ether oxygens (including phenoxy) is 1. The zero-order chi connectivity index (χ0) is 19.4. The van der Waals surface area contributed by atoms with E-state index in [2.05, 4.69) is 13.8 Å². The van der Waals surface area contributed by atoms with E-state index >= 15 is 0 Å². The van der Waals surface area contributed by atoms with Crippen molar-refractivity contribution in [1.82, 2.24) is 9.80 Å². The van der Waals surface area contributed by atoms with E-state index in [1.807, 2.05) is 4.90 Å². The second kappa shape index (κ2) is 8.38. The number of likely N-dealkylation sites (tertiary alicyclic amines) is 1. The molecule has 2 saturated heterocycles.